The van der Waals surface area contributed by atoms with Crippen LogP contribution in [0.25, 0.3) is 0 Å². The van der Waals surface area contributed by atoms with Gasteiger partial charge in [0.15, 0.2) is 0 Å². The van der Waals surface area contributed by atoms with Gasteiger partial charge < -0.3 is 19.7 Å². The first-order valence-electron chi connectivity index (χ1n) is 10.7. The summed E-state index contributed by atoms with van der Waals surface area (Å²) >= 11 is 0. The molecule has 0 aliphatic carbocycles. The van der Waals surface area contributed by atoms with Crippen LogP contribution >= 0.6 is 0 Å². The fraction of sp³-hybridized carbons (Fsp3) is 0.292. The standard InChI is InChI=1S/C24H25N5O3/c1-17-21(23(30)28-11-13-31-14-12-28)22(29-24(27-17)25-16-26-29)19-7-9-20(10-8-19)32-15-18-5-3-2-4-6-18/h2-10,16,22H,11-15H2,1H3,(H,25,26,27)/t22-/m1/s1. The monoisotopic (exact) mass is 431 g/mol. The Labute approximate surface area is 186 Å². The Kier molecular flexibility index (Phi) is 5.60. The van der Waals surface area contributed by atoms with E-state index in [1.54, 1.807) is 4.68 Å². The van der Waals surface area contributed by atoms with Gasteiger partial charge in [-0.1, -0.05) is 42.5 Å². The molecule has 0 unspecified atom stereocenters. The fourth-order valence-electron chi connectivity index (χ4n) is 4.10. The van der Waals surface area contributed by atoms with Crippen molar-refractivity contribution in [1.82, 2.24) is 19.7 Å². The summed E-state index contributed by atoms with van der Waals surface area (Å²) in [7, 11) is 0. The van der Waals surface area contributed by atoms with Crippen LogP contribution in [0.15, 0.2) is 72.2 Å². The Balaban J connectivity index is 1.42. The van der Waals surface area contributed by atoms with E-state index in [9.17, 15) is 4.79 Å². The van der Waals surface area contributed by atoms with Gasteiger partial charge in [-0.15, -0.1) is 0 Å². The number of anilines is 1. The number of hydrogen-bond donors (Lipinski definition) is 1. The van der Waals surface area contributed by atoms with Gasteiger partial charge in [0.1, 0.15) is 24.7 Å². The van der Waals surface area contributed by atoms with E-state index in [0.717, 1.165) is 22.6 Å². The van der Waals surface area contributed by atoms with Crippen molar-refractivity contribution in [3.63, 3.8) is 0 Å². The van der Waals surface area contributed by atoms with Crippen LogP contribution in [0, 0.1) is 0 Å². The minimum absolute atomic E-state index is 0.00569. The molecule has 1 saturated heterocycles. The molecular weight excluding hydrogens is 406 g/mol. The quantitative estimate of drug-likeness (QED) is 0.669. The Morgan fingerprint density at radius 2 is 1.88 bits per heavy atom. The third-order valence-corrected chi connectivity index (χ3v) is 5.77. The summed E-state index contributed by atoms with van der Waals surface area (Å²) in [6.07, 6.45) is 1.50. The van der Waals surface area contributed by atoms with Gasteiger partial charge in [-0.2, -0.15) is 10.1 Å². The number of amides is 1. The summed E-state index contributed by atoms with van der Waals surface area (Å²) < 4.78 is 13.1. The topological polar surface area (TPSA) is 81.5 Å². The van der Waals surface area contributed by atoms with Crippen molar-refractivity contribution in [3.05, 3.63) is 83.3 Å². The third kappa shape index (κ3) is 3.97. The number of benzene rings is 2. The Hall–Kier alpha value is -3.65. The number of nitrogens with one attached hydrogen (secondary N) is 1. The molecule has 0 bridgehead atoms. The molecule has 3 aromatic rings. The summed E-state index contributed by atoms with van der Waals surface area (Å²) in [4.78, 5) is 19.6. The van der Waals surface area contributed by atoms with Crippen LogP contribution in [-0.2, 0) is 16.1 Å². The molecule has 0 spiro atoms. The van der Waals surface area contributed by atoms with E-state index >= 15 is 0 Å². The normalized spacial score (nSPS) is 18.2. The van der Waals surface area contributed by atoms with Crippen molar-refractivity contribution in [1.29, 1.82) is 0 Å². The first kappa shape index (κ1) is 20.3. The van der Waals surface area contributed by atoms with E-state index < -0.39 is 0 Å². The minimum Gasteiger partial charge on any atom is -0.489 e. The zero-order valence-corrected chi connectivity index (χ0v) is 17.9. The first-order chi connectivity index (χ1) is 15.7. The Bertz CT molecular complexity index is 1120. The lowest BCUT2D eigenvalue weighted by Gasteiger charge is -2.33. The van der Waals surface area contributed by atoms with E-state index in [4.69, 9.17) is 9.47 Å². The summed E-state index contributed by atoms with van der Waals surface area (Å²) in [6, 6.07) is 17.5. The number of ether oxygens (including phenoxy) is 2. The van der Waals surface area contributed by atoms with E-state index in [2.05, 4.69) is 15.4 Å². The summed E-state index contributed by atoms with van der Waals surface area (Å²) in [6.45, 7) is 4.69. The van der Waals surface area contributed by atoms with E-state index in [-0.39, 0.29) is 11.9 Å². The molecule has 1 atom stereocenters. The SMILES string of the molecule is CC1=C(C(=O)N2CCOCC2)[C@@H](c2ccc(OCc3ccccc3)cc2)n2ncnc2N1. The summed E-state index contributed by atoms with van der Waals surface area (Å²) in [5.41, 5.74) is 3.51. The van der Waals surface area contributed by atoms with Crippen LogP contribution in [0.5, 0.6) is 5.75 Å². The molecule has 2 aromatic carbocycles. The number of allylic oxidation sites excluding steroid dienone is 1. The molecule has 5 rings (SSSR count). The number of rotatable bonds is 5. The molecule has 0 saturated carbocycles. The second-order valence-corrected chi connectivity index (χ2v) is 7.84. The van der Waals surface area contributed by atoms with E-state index in [1.165, 1.54) is 6.33 Å². The van der Waals surface area contributed by atoms with Crippen molar-refractivity contribution < 1.29 is 14.3 Å². The van der Waals surface area contributed by atoms with Crippen molar-refractivity contribution in [2.75, 3.05) is 31.6 Å². The van der Waals surface area contributed by atoms with Crippen LogP contribution in [0.4, 0.5) is 5.95 Å². The van der Waals surface area contributed by atoms with Crippen LogP contribution < -0.4 is 10.1 Å². The average molecular weight is 431 g/mol. The van der Waals surface area contributed by atoms with Gasteiger partial charge in [0, 0.05) is 18.8 Å². The maximum Gasteiger partial charge on any atom is 0.254 e. The Morgan fingerprint density at radius 1 is 1.12 bits per heavy atom. The van der Waals surface area contributed by atoms with Crippen LogP contribution in [0.1, 0.15) is 24.1 Å². The highest BCUT2D eigenvalue weighted by atomic mass is 16.5. The van der Waals surface area contributed by atoms with Gasteiger partial charge in [-0.05, 0) is 30.2 Å². The second-order valence-electron chi connectivity index (χ2n) is 7.84. The predicted molar refractivity (Wildman–Crippen MR) is 119 cm³/mol. The molecule has 3 heterocycles. The molecule has 0 radical (unpaired) electrons. The number of nitrogens with zero attached hydrogens (tertiary/aromatic N) is 4. The maximum atomic E-state index is 13.5. The van der Waals surface area contributed by atoms with Crippen molar-refractivity contribution in [3.8, 4) is 5.75 Å². The molecule has 1 N–H and O–H groups in total. The van der Waals surface area contributed by atoms with Crippen LogP contribution in [0.2, 0.25) is 0 Å². The zero-order valence-electron chi connectivity index (χ0n) is 17.9. The van der Waals surface area contributed by atoms with E-state index in [0.29, 0.717) is 44.4 Å². The number of morpholine rings is 1. The minimum atomic E-state index is -0.368. The van der Waals surface area contributed by atoms with Crippen LogP contribution in [0.3, 0.4) is 0 Å². The summed E-state index contributed by atoms with van der Waals surface area (Å²) in [5, 5.41) is 7.63. The third-order valence-electron chi connectivity index (χ3n) is 5.77. The smallest absolute Gasteiger partial charge is 0.254 e. The largest absolute Gasteiger partial charge is 0.489 e. The molecule has 8 heteroatoms. The van der Waals surface area contributed by atoms with E-state index in [1.807, 2.05) is 66.4 Å². The average Bonchev–Trinajstić information content (AvgIpc) is 3.31. The van der Waals surface area contributed by atoms with Gasteiger partial charge in [-0.3, -0.25) is 4.79 Å². The lowest BCUT2D eigenvalue weighted by Crippen LogP contribution is -2.44. The van der Waals surface area contributed by atoms with Gasteiger partial charge in [0.2, 0.25) is 5.95 Å². The van der Waals surface area contributed by atoms with Crippen molar-refractivity contribution in [2.45, 2.75) is 19.6 Å². The second kappa shape index (κ2) is 8.84. The predicted octanol–water partition coefficient (Wildman–Crippen LogP) is 3.00. The van der Waals surface area contributed by atoms with Crippen molar-refractivity contribution in [2.24, 2.45) is 0 Å². The van der Waals surface area contributed by atoms with Crippen molar-refractivity contribution >= 4 is 11.9 Å². The molecule has 1 aromatic heterocycles. The number of hydrogen-bond acceptors (Lipinski definition) is 6. The number of carbonyl (C=O) groups is 1. The Morgan fingerprint density at radius 3 is 2.62 bits per heavy atom. The zero-order chi connectivity index (χ0) is 21.9. The highest BCUT2D eigenvalue weighted by Gasteiger charge is 2.35. The van der Waals surface area contributed by atoms with Gasteiger partial charge in [-0.25, -0.2) is 4.68 Å². The molecule has 164 valence electrons. The highest BCUT2D eigenvalue weighted by Crippen LogP contribution is 2.36. The lowest BCUT2D eigenvalue weighted by atomic mass is 9.94. The number of aromatic nitrogens is 3. The first-order valence-corrected chi connectivity index (χ1v) is 10.7. The molecule has 32 heavy (non-hydrogen) atoms. The number of fused-ring (bicyclic) bond motifs is 1. The maximum absolute atomic E-state index is 13.5. The molecule has 2 aliphatic heterocycles. The number of carbonyl (C=O) groups excluding carboxylic acids is 1. The van der Waals surface area contributed by atoms with Gasteiger partial charge in [0.25, 0.3) is 5.91 Å². The molecule has 1 fully saturated rings. The van der Waals surface area contributed by atoms with Gasteiger partial charge in [0.05, 0.1) is 18.8 Å². The van der Waals surface area contributed by atoms with Crippen LogP contribution in [-0.4, -0.2) is 51.9 Å². The molecule has 1 amide bonds. The van der Waals surface area contributed by atoms with Gasteiger partial charge >= 0.3 is 0 Å². The lowest BCUT2D eigenvalue weighted by molar-refractivity contribution is -0.131. The fourth-order valence-corrected chi connectivity index (χ4v) is 4.10. The molecular formula is C24H25N5O3. The molecule has 8 nitrogen and oxygen atoms in total. The molecule has 2 aliphatic rings. The highest BCUT2D eigenvalue weighted by molar-refractivity contribution is 5.96. The summed E-state index contributed by atoms with van der Waals surface area (Å²) in [5.74, 6) is 1.39.